The predicted octanol–water partition coefficient (Wildman–Crippen LogP) is 3.98. The van der Waals surface area contributed by atoms with Crippen molar-refractivity contribution in [2.24, 2.45) is 0 Å². The third kappa shape index (κ3) is 2.55. The van der Waals surface area contributed by atoms with Crippen molar-refractivity contribution in [1.29, 1.82) is 0 Å². The minimum Gasteiger partial charge on any atom is -0.507 e. The lowest BCUT2D eigenvalue weighted by Gasteiger charge is -2.14. The van der Waals surface area contributed by atoms with Gasteiger partial charge in [-0.05, 0) is 25.1 Å². The standard InChI is InChI=1S/C18H18N2O/c1-12-4-6-13(7-5-12)17-11-18(21)15-10-14(20(2)3)8-9-16(15)19-17/h4-11H,1-3H3,(H,19,21). The third-order valence-electron chi connectivity index (χ3n) is 3.63. The SMILES string of the molecule is Cc1ccc(-c2cc(O)c3cc(N(C)C)ccc3n2)cc1. The van der Waals surface area contributed by atoms with Crippen molar-refractivity contribution >= 4 is 16.6 Å². The largest absolute Gasteiger partial charge is 0.507 e. The Morgan fingerprint density at radius 3 is 2.33 bits per heavy atom. The Morgan fingerprint density at radius 1 is 0.952 bits per heavy atom. The molecule has 1 aromatic heterocycles. The van der Waals surface area contributed by atoms with Crippen LogP contribution in [0.15, 0.2) is 48.5 Å². The van der Waals surface area contributed by atoms with E-state index in [-0.39, 0.29) is 5.75 Å². The molecule has 1 N–H and O–H groups in total. The topological polar surface area (TPSA) is 36.4 Å². The van der Waals surface area contributed by atoms with Gasteiger partial charge in [0.2, 0.25) is 0 Å². The summed E-state index contributed by atoms with van der Waals surface area (Å²) in [6, 6.07) is 15.8. The van der Waals surface area contributed by atoms with E-state index in [1.165, 1.54) is 5.56 Å². The van der Waals surface area contributed by atoms with Gasteiger partial charge < -0.3 is 10.0 Å². The molecule has 3 heteroatoms. The number of anilines is 1. The van der Waals surface area contributed by atoms with E-state index >= 15 is 0 Å². The molecule has 3 nitrogen and oxygen atoms in total. The van der Waals surface area contributed by atoms with Gasteiger partial charge in [-0.1, -0.05) is 29.8 Å². The molecule has 0 spiro atoms. The van der Waals surface area contributed by atoms with Crippen LogP contribution in [0.1, 0.15) is 5.56 Å². The van der Waals surface area contributed by atoms with Crippen LogP contribution in [0.3, 0.4) is 0 Å². The summed E-state index contributed by atoms with van der Waals surface area (Å²) in [5.41, 5.74) is 4.85. The molecule has 3 rings (SSSR count). The van der Waals surface area contributed by atoms with Crippen LogP contribution in [-0.4, -0.2) is 24.2 Å². The van der Waals surface area contributed by atoms with E-state index in [4.69, 9.17) is 0 Å². The lowest BCUT2D eigenvalue weighted by molar-refractivity contribution is 0.481. The van der Waals surface area contributed by atoms with Crippen LogP contribution in [-0.2, 0) is 0 Å². The molecule has 0 saturated heterocycles. The smallest absolute Gasteiger partial charge is 0.127 e. The van der Waals surface area contributed by atoms with E-state index in [0.717, 1.165) is 27.8 Å². The number of pyridine rings is 1. The minimum atomic E-state index is 0.263. The van der Waals surface area contributed by atoms with Gasteiger partial charge in [0.15, 0.2) is 0 Å². The highest BCUT2D eigenvalue weighted by molar-refractivity contribution is 5.90. The fourth-order valence-electron chi connectivity index (χ4n) is 2.35. The normalized spacial score (nSPS) is 10.8. The number of aromatic nitrogens is 1. The average molecular weight is 278 g/mol. The summed E-state index contributed by atoms with van der Waals surface area (Å²) in [5, 5.41) is 11.1. The van der Waals surface area contributed by atoms with Crippen LogP contribution >= 0.6 is 0 Å². The molecule has 106 valence electrons. The summed E-state index contributed by atoms with van der Waals surface area (Å²) in [5.74, 6) is 0.263. The molecule has 0 fully saturated rings. The van der Waals surface area contributed by atoms with Crippen molar-refractivity contribution in [1.82, 2.24) is 4.98 Å². The average Bonchev–Trinajstić information content (AvgIpc) is 2.47. The van der Waals surface area contributed by atoms with Gasteiger partial charge in [0, 0.05) is 36.8 Å². The molecule has 0 aliphatic rings. The number of hydrogen-bond donors (Lipinski definition) is 1. The molecular formula is C18H18N2O. The van der Waals surface area contributed by atoms with Crippen molar-refractivity contribution in [2.45, 2.75) is 6.92 Å². The zero-order chi connectivity index (χ0) is 15.0. The Hall–Kier alpha value is -2.55. The molecule has 0 atom stereocenters. The maximum absolute atomic E-state index is 10.3. The highest BCUT2D eigenvalue weighted by Gasteiger charge is 2.08. The summed E-state index contributed by atoms with van der Waals surface area (Å²) >= 11 is 0. The first-order valence-corrected chi connectivity index (χ1v) is 6.93. The molecular weight excluding hydrogens is 260 g/mol. The molecule has 0 aliphatic heterocycles. The van der Waals surface area contributed by atoms with Crippen molar-refractivity contribution < 1.29 is 5.11 Å². The fraction of sp³-hybridized carbons (Fsp3) is 0.167. The summed E-state index contributed by atoms with van der Waals surface area (Å²) in [6.45, 7) is 2.05. The summed E-state index contributed by atoms with van der Waals surface area (Å²) in [6.07, 6.45) is 0. The Kier molecular flexibility index (Phi) is 3.26. The van der Waals surface area contributed by atoms with Crippen molar-refractivity contribution in [3.63, 3.8) is 0 Å². The van der Waals surface area contributed by atoms with E-state index < -0.39 is 0 Å². The second-order valence-corrected chi connectivity index (χ2v) is 5.49. The molecule has 0 radical (unpaired) electrons. The number of benzene rings is 2. The molecule has 0 unspecified atom stereocenters. The van der Waals surface area contributed by atoms with Crippen LogP contribution in [0.2, 0.25) is 0 Å². The van der Waals surface area contributed by atoms with Crippen LogP contribution in [0, 0.1) is 6.92 Å². The number of nitrogens with zero attached hydrogens (tertiary/aromatic N) is 2. The van der Waals surface area contributed by atoms with E-state index in [2.05, 4.69) is 11.9 Å². The van der Waals surface area contributed by atoms with Gasteiger partial charge in [0.1, 0.15) is 5.75 Å². The number of hydrogen-bond acceptors (Lipinski definition) is 3. The number of aryl methyl sites for hydroxylation is 1. The van der Waals surface area contributed by atoms with Crippen molar-refractivity contribution in [3.05, 3.63) is 54.1 Å². The molecule has 0 saturated carbocycles. The van der Waals surface area contributed by atoms with Gasteiger partial charge in [-0.3, -0.25) is 0 Å². The first kappa shape index (κ1) is 13.4. The van der Waals surface area contributed by atoms with Gasteiger partial charge in [-0.15, -0.1) is 0 Å². The molecule has 0 bridgehead atoms. The lowest BCUT2D eigenvalue weighted by Crippen LogP contribution is -2.08. The highest BCUT2D eigenvalue weighted by Crippen LogP contribution is 2.31. The van der Waals surface area contributed by atoms with Gasteiger partial charge in [0.05, 0.1) is 11.2 Å². The highest BCUT2D eigenvalue weighted by atomic mass is 16.3. The quantitative estimate of drug-likeness (QED) is 0.770. The number of fused-ring (bicyclic) bond motifs is 1. The van der Waals surface area contributed by atoms with E-state index in [9.17, 15) is 5.11 Å². The summed E-state index contributed by atoms with van der Waals surface area (Å²) in [7, 11) is 3.96. The first-order valence-electron chi connectivity index (χ1n) is 6.93. The maximum atomic E-state index is 10.3. The second-order valence-electron chi connectivity index (χ2n) is 5.49. The van der Waals surface area contributed by atoms with Crippen molar-refractivity contribution in [2.75, 3.05) is 19.0 Å². The van der Waals surface area contributed by atoms with Gasteiger partial charge in [-0.25, -0.2) is 4.98 Å². The third-order valence-corrected chi connectivity index (χ3v) is 3.63. The Balaban J connectivity index is 2.15. The van der Waals surface area contributed by atoms with Gasteiger partial charge in [-0.2, -0.15) is 0 Å². The zero-order valence-electron chi connectivity index (χ0n) is 12.5. The number of aromatic hydroxyl groups is 1. The monoisotopic (exact) mass is 278 g/mol. The van der Waals surface area contributed by atoms with Crippen LogP contribution in [0.5, 0.6) is 5.75 Å². The summed E-state index contributed by atoms with van der Waals surface area (Å²) < 4.78 is 0. The Bertz CT molecular complexity index is 792. The fourth-order valence-corrected chi connectivity index (χ4v) is 2.35. The van der Waals surface area contributed by atoms with E-state index in [1.807, 2.05) is 61.5 Å². The summed E-state index contributed by atoms with van der Waals surface area (Å²) in [4.78, 5) is 6.66. The van der Waals surface area contributed by atoms with Gasteiger partial charge >= 0.3 is 0 Å². The molecule has 21 heavy (non-hydrogen) atoms. The molecule has 1 heterocycles. The van der Waals surface area contributed by atoms with Crippen LogP contribution < -0.4 is 4.90 Å². The van der Waals surface area contributed by atoms with E-state index in [0.29, 0.717) is 0 Å². The Labute approximate surface area is 124 Å². The van der Waals surface area contributed by atoms with Gasteiger partial charge in [0.25, 0.3) is 0 Å². The molecule has 0 aliphatic carbocycles. The molecule has 2 aromatic carbocycles. The Morgan fingerprint density at radius 2 is 1.67 bits per heavy atom. The maximum Gasteiger partial charge on any atom is 0.127 e. The zero-order valence-corrected chi connectivity index (χ0v) is 12.5. The predicted molar refractivity (Wildman–Crippen MR) is 87.9 cm³/mol. The van der Waals surface area contributed by atoms with Crippen LogP contribution in [0.25, 0.3) is 22.2 Å². The van der Waals surface area contributed by atoms with Crippen LogP contribution in [0.4, 0.5) is 5.69 Å². The molecule has 3 aromatic rings. The second kappa shape index (κ2) is 5.09. The first-order chi connectivity index (χ1) is 10.0. The lowest BCUT2D eigenvalue weighted by atomic mass is 10.1. The number of rotatable bonds is 2. The van der Waals surface area contributed by atoms with Crippen molar-refractivity contribution in [3.8, 4) is 17.0 Å². The molecule has 0 amide bonds. The minimum absolute atomic E-state index is 0.263. The van der Waals surface area contributed by atoms with E-state index in [1.54, 1.807) is 6.07 Å².